The molecule has 38 heteroatoms. The second-order valence-corrected chi connectivity index (χ2v) is 33.1. The van der Waals surface area contributed by atoms with Crippen LogP contribution in [0.4, 0.5) is 80.6 Å². The first-order valence-electron chi connectivity index (χ1n) is 41.0. The number of nitrogens with zero attached hydrogens (tertiary/aromatic N) is 16. The number of hydrogen-bond donors (Lipinski definition) is 10. The lowest BCUT2D eigenvalue weighted by molar-refractivity contribution is -0.142. The van der Waals surface area contributed by atoms with Crippen molar-refractivity contribution in [3.8, 4) is 35.7 Å². The number of ketones is 1. The summed E-state index contributed by atoms with van der Waals surface area (Å²) in [5.74, 6) is 0.762. The van der Waals surface area contributed by atoms with Crippen LogP contribution in [0.2, 0.25) is 0 Å². The lowest BCUT2D eigenvalue weighted by Gasteiger charge is -2.49. The molecular formula is C87H102F9N23O6. The highest BCUT2D eigenvalue weighted by Gasteiger charge is 2.49. The van der Waals surface area contributed by atoms with Gasteiger partial charge in [0.05, 0.1) is 42.5 Å². The standard InChI is InChI=1S/C26H29N7O2.C21H27FN6O2.C20H23F5N4O.C20H23F3N6O/c1-3-23(34)18-7-9-21(10-8-18)32-24-19(12-27)14-29-26(33-24)30-15-20-13-28-16-31-25(20)35-22-6-4-5-17(2)11-22;1-21(2)10-16(5-6-17(21)29)27-18-15(11-23)13-26-20(28-18)25-12-14-4-3-8-24-19(14)30-9-7-22;1-18(2)14(8-15(18)30)28-17-13(20(23,24)25)10-27-16(29-17)5-4-11-9-26-7-6-12(11)19(3,21)22;1-19(2)8-14(5-6-15(19)30)28-17-13(9-24)11-27-18(29-17)26-10-12-4-3-7-25-16(12)20(21,22)23/h4-6,11,13-14,16,18,21H,3,7-10,15H2,1-2H3,(H2,29,30,32,33);3-4,8,13,16-17,29H,5-7,9-10,12H2,1-2H3,(H2,25,26,27,28);6-7,9-10,14-15,30H,4-5,8H2,1-3H3,(H,27,28,29);3-4,7,11,14-15,30H,5-6,8,10H2,1-2H3,(H2,26,27,28,29)/t;16-,17+;14-,15+;14?,15-/m.110/s1. The molecule has 125 heavy (non-hydrogen) atoms. The van der Waals surface area contributed by atoms with E-state index >= 15 is 0 Å². The predicted molar refractivity (Wildman–Crippen MR) is 447 cm³/mol. The summed E-state index contributed by atoms with van der Waals surface area (Å²) in [6.07, 6.45) is 11.7. The smallest absolute Gasteiger partial charge is 0.433 e. The largest absolute Gasteiger partial charge is 0.475 e. The third-order valence-electron chi connectivity index (χ3n) is 22.5. The normalized spacial score (nSPS) is 19.8. The minimum atomic E-state index is -4.66. The summed E-state index contributed by atoms with van der Waals surface area (Å²) < 4.78 is 131. The van der Waals surface area contributed by atoms with E-state index in [1.165, 1.54) is 55.5 Å². The summed E-state index contributed by atoms with van der Waals surface area (Å²) in [5.41, 5.74) is 0.574. The zero-order valence-electron chi connectivity index (χ0n) is 70.6. The van der Waals surface area contributed by atoms with Crippen molar-refractivity contribution in [1.29, 1.82) is 15.8 Å². The summed E-state index contributed by atoms with van der Waals surface area (Å²) in [6.45, 7) is 16.1. The number of aromatic nitrogens is 13. The molecule has 0 bridgehead atoms. The number of pyridine rings is 3. The van der Waals surface area contributed by atoms with Crippen molar-refractivity contribution in [2.75, 3.05) is 50.5 Å². The molecule has 1 aromatic carbocycles. The molecule has 0 radical (unpaired) electrons. The van der Waals surface area contributed by atoms with Crippen molar-refractivity contribution >= 4 is 46.9 Å². The zero-order chi connectivity index (χ0) is 90.4. The molecule has 10 N–H and O–H groups in total. The topological polar surface area (TPSA) is 419 Å². The molecule has 4 aliphatic carbocycles. The SMILES string of the molecule is CC(F)(F)c1ccncc1CCc1ncc(C(F)(F)F)c(N[C@@H]2C[C@H](O)C2(C)C)n1.CC1(C)CC(Nc2nc(NCc3cccnc3C(F)(F)F)ncc2C#N)CC[C@@H]1O.CC1(C)C[C@H](Nc2nc(NCc3cccnc3OCCF)ncc2C#N)CC[C@@H]1O.CCC(=O)C1CCC(Nc2nc(NCc3cncnc3Oc3cccc(C)c3)ncc2C#N)CC1. The summed E-state index contributed by atoms with van der Waals surface area (Å²) >= 11 is 0. The van der Waals surface area contributed by atoms with E-state index in [1.54, 1.807) is 32.3 Å². The molecule has 4 saturated carbocycles. The van der Waals surface area contributed by atoms with Crippen LogP contribution in [0.15, 0.2) is 117 Å². The number of halogens is 9. The fourth-order valence-corrected chi connectivity index (χ4v) is 14.9. The number of carbonyl (C=O) groups is 1. The highest BCUT2D eigenvalue weighted by atomic mass is 19.4. The average molecular weight is 1740 g/mol. The fraction of sp³-hybridized carbons (Fsp3) is 0.483. The Balaban J connectivity index is 0.000000175. The number of hydrogen-bond acceptors (Lipinski definition) is 29. The van der Waals surface area contributed by atoms with Gasteiger partial charge in [-0.15, -0.1) is 0 Å². The molecule has 0 saturated heterocycles. The molecule has 9 aromatic rings. The van der Waals surface area contributed by atoms with Crippen LogP contribution in [0, 0.1) is 63.1 Å². The summed E-state index contributed by atoms with van der Waals surface area (Å²) in [6, 6.07) is 21.5. The van der Waals surface area contributed by atoms with Gasteiger partial charge in [-0.2, -0.15) is 57.1 Å². The zero-order valence-corrected chi connectivity index (χ0v) is 70.6. The Labute approximate surface area is 718 Å². The van der Waals surface area contributed by atoms with Crippen molar-refractivity contribution in [1.82, 2.24) is 64.8 Å². The van der Waals surface area contributed by atoms with E-state index in [9.17, 15) is 75.4 Å². The Kier molecular flexibility index (Phi) is 32.2. The number of alkyl halides is 9. The number of nitrogens with one attached hydrogen (secondary N) is 7. The van der Waals surface area contributed by atoms with E-state index in [2.05, 4.69) is 114 Å². The van der Waals surface area contributed by atoms with Crippen molar-refractivity contribution < 1.29 is 69.1 Å². The number of anilines is 7. The van der Waals surface area contributed by atoms with Gasteiger partial charge >= 0.3 is 12.4 Å². The van der Waals surface area contributed by atoms with Gasteiger partial charge in [0.1, 0.15) is 106 Å². The molecule has 13 rings (SSSR count). The van der Waals surface area contributed by atoms with Crippen LogP contribution in [-0.2, 0) is 55.5 Å². The molecule has 8 heterocycles. The Morgan fingerprint density at radius 2 is 1.07 bits per heavy atom. The number of aryl methyl sites for hydroxylation is 3. The molecule has 4 aliphatic rings. The van der Waals surface area contributed by atoms with Gasteiger partial charge in [0, 0.05) is 129 Å². The third-order valence-corrected chi connectivity index (χ3v) is 22.5. The lowest BCUT2D eigenvalue weighted by Crippen LogP contribution is -2.57. The molecular weight excluding hydrogens is 1630 g/mol. The monoisotopic (exact) mass is 1740 g/mol. The summed E-state index contributed by atoms with van der Waals surface area (Å²) in [7, 11) is 0. The minimum Gasteiger partial charge on any atom is -0.475 e. The Morgan fingerprint density at radius 3 is 1.58 bits per heavy atom. The van der Waals surface area contributed by atoms with Crippen molar-refractivity contribution in [2.45, 2.75) is 233 Å². The maximum Gasteiger partial charge on any atom is 0.433 e. The molecule has 664 valence electrons. The Bertz CT molecular complexity index is 5250. The number of nitriles is 3. The van der Waals surface area contributed by atoms with Gasteiger partial charge in [0.25, 0.3) is 5.92 Å². The maximum atomic E-state index is 13.8. The van der Waals surface area contributed by atoms with Crippen LogP contribution in [0.25, 0.3) is 0 Å². The van der Waals surface area contributed by atoms with Crippen LogP contribution in [-0.4, -0.2) is 142 Å². The number of ether oxygens (including phenoxy) is 2. The van der Waals surface area contributed by atoms with Crippen LogP contribution in [0.3, 0.4) is 0 Å². The van der Waals surface area contributed by atoms with Gasteiger partial charge in [-0.3, -0.25) is 14.8 Å². The van der Waals surface area contributed by atoms with E-state index in [1.807, 2.05) is 77.9 Å². The van der Waals surface area contributed by atoms with Gasteiger partial charge in [0.15, 0.2) is 0 Å². The lowest BCUT2D eigenvalue weighted by atomic mass is 9.64. The fourth-order valence-electron chi connectivity index (χ4n) is 14.9. The summed E-state index contributed by atoms with van der Waals surface area (Å²) in [4.78, 5) is 65.4. The average Bonchev–Trinajstić information content (AvgIpc) is 0.747. The number of Topliss-reactive ketones (excluding diaryl/α,β-unsaturated/α-hetero) is 1. The first-order valence-corrected chi connectivity index (χ1v) is 41.0. The van der Waals surface area contributed by atoms with Crippen LogP contribution < -0.4 is 46.7 Å². The van der Waals surface area contributed by atoms with Crippen molar-refractivity contribution in [2.24, 2.45) is 22.2 Å². The number of aliphatic hydroxyl groups is 3. The predicted octanol–water partition coefficient (Wildman–Crippen LogP) is 15.9. The van der Waals surface area contributed by atoms with E-state index < -0.39 is 53.8 Å². The second kappa shape index (κ2) is 42.4. The Hall–Kier alpha value is -12.3. The molecule has 0 amide bonds. The summed E-state index contributed by atoms with van der Waals surface area (Å²) in [5, 5.41) is 80.3. The Morgan fingerprint density at radius 1 is 0.536 bits per heavy atom. The van der Waals surface area contributed by atoms with E-state index in [4.69, 9.17) is 9.47 Å². The molecule has 8 aromatic heterocycles. The number of aliphatic hydroxyl groups excluding tert-OH is 3. The highest BCUT2D eigenvalue weighted by Crippen LogP contribution is 2.45. The number of carbonyl (C=O) groups excluding carboxylic acids is 1. The first kappa shape index (κ1) is 94.9. The van der Waals surface area contributed by atoms with Crippen LogP contribution in [0.1, 0.15) is 200 Å². The number of benzene rings is 1. The molecule has 0 aliphatic heterocycles. The minimum absolute atomic E-state index is 0.00778. The first-order chi connectivity index (χ1) is 59.4. The van der Waals surface area contributed by atoms with Gasteiger partial charge in [-0.05, 0) is 136 Å². The van der Waals surface area contributed by atoms with E-state index in [0.717, 1.165) is 68.3 Å². The number of rotatable bonds is 28. The maximum absolute atomic E-state index is 13.8. The van der Waals surface area contributed by atoms with Crippen molar-refractivity contribution in [3.63, 3.8) is 0 Å². The quantitative estimate of drug-likeness (QED) is 0.0204. The van der Waals surface area contributed by atoms with E-state index in [-0.39, 0.29) is 113 Å². The van der Waals surface area contributed by atoms with E-state index in [0.29, 0.717) is 122 Å². The van der Waals surface area contributed by atoms with Gasteiger partial charge < -0.3 is 62.0 Å². The third kappa shape index (κ3) is 26.4. The molecule has 0 spiro atoms. The van der Waals surface area contributed by atoms with Crippen LogP contribution in [0.5, 0.6) is 17.5 Å². The highest BCUT2D eigenvalue weighted by molar-refractivity contribution is 5.80. The second-order valence-electron chi connectivity index (χ2n) is 33.1. The van der Waals surface area contributed by atoms with Gasteiger partial charge in [-0.25, -0.2) is 53.0 Å². The molecule has 6 atom stereocenters. The van der Waals surface area contributed by atoms with Crippen molar-refractivity contribution in [3.05, 3.63) is 184 Å². The molecule has 29 nitrogen and oxygen atoms in total. The van der Waals surface area contributed by atoms with Gasteiger partial charge in [-0.1, -0.05) is 72.7 Å². The van der Waals surface area contributed by atoms with Crippen LogP contribution >= 0.6 is 0 Å². The molecule has 4 fully saturated rings. The molecule has 1 unspecified atom stereocenters. The van der Waals surface area contributed by atoms with Gasteiger partial charge in [0.2, 0.25) is 29.6 Å².